The van der Waals surface area contributed by atoms with Crippen LogP contribution in [0.25, 0.3) is 0 Å². The van der Waals surface area contributed by atoms with Crippen molar-refractivity contribution >= 4 is 61.9 Å². The third kappa shape index (κ3) is 16.3. The molecule has 0 atom stereocenters. The largest absolute Gasteiger partial charge is 2.00 e. The predicted octanol–water partition coefficient (Wildman–Crippen LogP) is 3.44. The van der Waals surface area contributed by atoms with Crippen LogP contribution in [0.5, 0.6) is 0 Å². The first-order chi connectivity index (χ1) is 6.22. The van der Waals surface area contributed by atoms with Gasteiger partial charge < -0.3 is 0 Å². The first-order valence-corrected chi connectivity index (χ1v) is 21.2. The Morgan fingerprint density at radius 1 is 1.38 bits per heavy atom. The summed E-state index contributed by atoms with van der Waals surface area (Å²) in [6.45, 7) is 6.62. The fourth-order valence-corrected chi connectivity index (χ4v) is 7.12. The number of allylic oxidation sites excluding steroid dienone is 6. The molecule has 0 aromatic heterocycles. The Hall–Kier alpha value is 2.32. The molecule has 1 radical (unpaired) electrons. The van der Waals surface area contributed by atoms with E-state index in [1.165, 1.54) is 5.57 Å². The Bertz CT molecular complexity index is 238. The molecule has 0 spiro atoms. The molecule has 1 aliphatic rings. The molecule has 0 aromatic carbocycles. The zero-order valence-corrected chi connectivity index (χ0v) is 20.8. The zero-order valence-electron chi connectivity index (χ0n) is 9.73. The van der Waals surface area contributed by atoms with Crippen molar-refractivity contribution in [1.82, 2.24) is 0 Å². The quantitative estimate of drug-likeness (QED) is 0.302. The fourth-order valence-electron chi connectivity index (χ4n) is 0.628. The molecule has 0 saturated carbocycles. The summed E-state index contributed by atoms with van der Waals surface area (Å²) < 4.78 is 1.72. The normalized spacial score (nSPS) is 11.7. The van der Waals surface area contributed by atoms with Crippen LogP contribution in [-0.2, 0) is 26.2 Å². The van der Waals surface area contributed by atoms with Crippen LogP contribution >= 0.6 is 24.8 Å². The van der Waals surface area contributed by atoms with Gasteiger partial charge in [-0.2, -0.15) is 6.08 Å². The Morgan fingerprint density at radius 2 is 1.94 bits per heavy atom. The summed E-state index contributed by atoms with van der Waals surface area (Å²) in [6.07, 6.45) is 12.2. The molecule has 0 bridgehead atoms. The summed E-state index contributed by atoms with van der Waals surface area (Å²) in [5.41, 5.74) is 1.53. The molecule has 89 valence electrons. The number of halogens is 2. The van der Waals surface area contributed by atoms with E-state index in [1.54, 1.807) is 22.5 Å². The summed E-state index contributed by atoms with van der Waals surface area (Å²) >= 11 is 1.58. The average Bonchev–Trinajstić information content (AvgIpc) is 2.73. The molecule has 16 heavy (non-hydrogen) atoms. The van der Waals surface area contributed by atoms with E-state index < -0.39 is 0 Å². The van der Waals surface area contributed by atoms with Gasteiger partial charge in [0, 0.05) is 0 Å². The van der Waals surface area contributed by atoms with Crippen LogP contribution in [0.15, 0.2) is 27.1 Å². The van der Waals surface area contributed by atoms with Gasteiger partial charge in [-0.15, -0.1) is 31.2 Å². The van der Waals surface area contributed by atoms with Crippen molar-refractivity contribution in [3.63, 3.8) is 0 Å². The van der Waals surface area contributed by atoms with Crippen LogP contribution < -0.4 is 0 Å². The van der Waals surface area contributed by atoms with Crippen molar-refractivity contribution < 1.29 is 26.2 Å². The van der Waals surface area contributed by atoms with Crippen molar-refractivity contribution in [3.05, 3.63) is 39.6 Å². The van der Waals surface area contributed by atoms with E-state index in [-0.39, 0.29) is 68.8 Å². The zero-order chi connectivity index (χ0) is 10.1. The Labute approximate surface area is 152 Å². The fraction of sp³-hybridized carbons (Fsp3) is 0.364. The van der Waals surface area contributed by atoms with E-state index in [2.05, 4.69) is 39.3 Å². The van der Waals surface area contributed by atoms with E-state index in [9.17, 15) is 0 Å². The first-order valence-electron chi connectivity index (χ1n) is 4.26. The van der Waals surface area contributed by atoms with Crippen molar-refractivity contribution in [2.45, 2.75) is 27.2 Å². The minimum Gasteiger partial charge on any atom is -0.273 e. The molecule has 0 amide bonds. The summed E-state index contributed by atoms with van der Waals surface area (Å²) in [4.78, 5) is 0. The Balaban J connectivity index is -0.0000000798. The third-order valence-corrected chi connectivity index (χ3v) is 14.5. The summed E-state index contributed by atoms with van der Waals surface area (Å²) in [7, 11) is 0. The molecule has 0 nitrogen and oxygen atoms in total. The molecule has 0 unspecified atom stereocenters. The monoisotopic (exact) mass is 727 g/mol. The van der Waals surface area contributed by atoms with Gasteiger partial charge in [0.05, 0.1) is 0 Å². The van der Waals surface area contributed by atoms with Crippen molar-refractivity contribution in [2.24, 2.45) is 0 Å². The summed E-state index contributed by atoms with van der Waals surface area (Å²) in [5.74, 6) is 0. The molecule has 0 N–H and O–H groups in total. The van der Waals surface area contributed by atoms with Gasteiger partial charge in [-0.25, -0.2) is 12.2 Å². The Morgan fingerprint density at radius 3 is 2.06 bits per heavy atom. The van der Waals surface area contributed by atoms with Crippen LogP contribution in [0, 0.1) is 12.5 Å². The van der Waals surface area contributed by atoms with Crippen molar-refractivity contribution in [1.29, 1.82) is 0 Å². The maximum absolute atomic E-state index is 2.99. The van der Waals surface area contributed by atoms with E-state index in [4.69, 9.17) is 0 Å². The van der Waals surface area contributed by atoms with E-state index >= 15 is 0 Å². The summed E-state index contributed by atoms with van der Waals surface area (Å²) in [6, 6.07) is 0. The maximum atomic E-state index is 2.99. The van der Waals surface area contributed by atoms with Gasteiger partial charge in [0.2, 0.25) is 0 Å². The minimum absolute atomic E-state index is 0. The van der Waals surface area contributed by atoms with Crippen LogP contribution in [0.3, 0.4) is 0 Å². The smallest absolute Gasteiger partial charge is 0.273 e. The van der Waals surface area contributed by atoms with Crippen LogP contribution in [0.1, 0.15) is 27.2 Å². The molecule has 0 aliphatic heterocycles. The van der Waals surface area contributed by atoms with E-state index in [1.807, 2.05) is 12.2 Å². The number of hydrogen-bond donors (Lipinski definition) is 0. The number of hydrogen-bond acceptors (Lipinski definition) is 0. The topological polar surface area (TPSA) is 0 Å². The van der Waals surface area contributed by atoms with Gasteiger partial charge in [-0.1, -0.05) is 0 Å². The second kappa shape index (κ2) is 19.7. The molecule has 0 fully saturated rings. The van der Waals surface area contributed by atoms with Crippen molar-refractivity contribution in [3.8, 4) is 0 Å². The Kier molecular flexibility index (Phi) is 32.9. The maximum Gasteiger partial charge on any atom is 2.00 e. The van der Waals surface area contributed by atoms with Gasteiger partial charge in [-0.05, 0) is 0 Å². The molecular formula is C11H17Bi2Cl2Zr. The number of rotatable bonds is 2. The first kappa shape index (κ1) is 26.8. The van der Waals surface area contributed by atoms with Crippen LogP contribution in [0.2, 0.25) is 0 Å². The molecule has 0 heterocycles. The van der Waals surface area contributed by atoms with Crippen LogP contribution in [-0.4, -0.2) is 37.0 Å². The molecule has 5 heteroatoms. The van der Waals surface area contributed by atoms with Gasteiger partial charge in [0.1, 0.15) is 0 Å². The summed E-state index contributed by atoms with van der Waals surface area (Å²) in [5, 5.41) is 0. The molecule has 0 saturated heterocycles. The van der Waals surface area contributed by atoms with Gasteiger partial charge in [0.25, 0.3) is 0 Å². The second-order valence-electron chi connectivity index (χ2n) is 2.66. The van der Waals surface area contributed by atoms with Gasteiger partial charge >= 0.3 is 99.3 Å². The van der Waals surface area contributed by atoms with E-state index in [0.717, 1.165) is 6.42 Å². The molecular weight excluding hydrogens is 712 g/mol. The molecule has 0 aromatic rings. The second-order valence-corrected chi connectivity index (χ2v) is 12.9. The standard InChI is InChI=1S/C6H10.C5H5.2Bi.2ClH.Zr/c1-4-6(3)5-2;1-2-4-5-3-1;;;;;/h4H,1-3H3;1-3H,4H2;;;2*1H;/q2*-1;;;;;+2. The van der Waals surface area contributed by atoms with Gasteiger partial charge in [0.15, 0.2) is 0 Å². The molecule has 1 aliphatic carbocycles. The SMILES string of the molecule is C[CH-]C(C)=[C](C)[Bi]=[Bi].Cl.Cl.[C-]1=CC=CC1.[Zr+2]. The predicted molar refractivity (Wildman–Crippen MR) is 75.9 cm³/mol. The minimum atomic E-state index is -0.0751. The van der Waals surface area contributed by atoms with Gasteiger partial charge in [-0.3, -0.25) is 6.08 Å². The average molecular weight is 729 g/mol. The molecule has 1 rings (SSSR count). The van der Waals surface area contributed by atoms with Crippen molar-refractivity contribution in [2.75, 3.05) is 0 Å². The third-order valence-electron chi connectivity index (χ3n) is 1.74. The van der Waals surface area contributed by atoms with Crippen LogP contribution in [0.4, 0.5) is 0 Å². The van der Waals surface area contributed by atoms with E-state index in [0.29, 0.717) is 0 Å².